The van der Waals surface area contributed by atoms with Gasteiger partial charge in [0.25, 0.3) is 0 Å². The third-order valence-corrected chi connectivity index (χ3v) is 4.48. The molecule has 19 heavy (non-hydrogen) atoms. The number of sulfonamides is 1. The summed E-state index contributed by atoms with van der Waals surface area (Å²) in [6.07, 6.45) is 1.76. The molecule has 1 aliphatic heterocycles. The van der Waals surface area contributed by atoms with Crippen molar-refractivity contribution in [3.05, 3.63) is 24.3 Å². The molecule has 1 aliphatic rings. The molecule has 0 amide bonds. The van der Waals surface area contributed by atoms with Gasteiger partial charge in [0.15, 0.2) is 0 Å². The largest absolute Gasteiger partial charge is 0.380 e. The Morgan fingerprint density at radius 2 is 2.05 bits per heavy atom. The number of hydrogen-bond donors (Lipinski definition) is 2. The molecule has 6 heteroatoms. The second kappa shape index (κ2) is 6.36. The summed E-state index contributed by atoms with van der Waals surface area (Å²) in [5.74, 6) is 0. The summed E-state index contributed by atoms with van der Waals surface area (Å²) in [5, 5.41) is 3.32. The first-order valence-electron chi connectivity index (χ1n) is 6.56. The number of rotatable bonds is 6. The first-order valence-corrected chi connectivity index (χ1v) is 8.04. The third-order valence-electron chi connectivity index (χ3n) is 3.01. The zero-order chi connectivity index (χ0) is 13.7. The highest BCUT2D eigenvalue weighted by Gasteiger charge is 2.16. The van der Waals surface area contributed by atoms with Crippen molar-refractivity contribution in [2.45, 2.75) is 30.7 Å². The van der Waals surface area contributed by atoms with E-state index in [-0.39, 0.29) is 0 Å². The van der Waals surface area contributed by atoms with Gasteiger partial charge in [-0.1, -0.05) is 6.92 Å². The standard InChI is InChI=1S/C13H20N2O3S/c1-2-8-14-19(16,17)13-5-3-11(4-6-13)15-12-7-9-18-10-12/h3-6,12,14-15H,2,7-10H2,1H3. The van der Waals surface area contributed by atoms with Crippen molar-refractivity contribution in [2.24, 2.45) is 0 Å². The van der Waals surface area contributed by atoms with Crippen LogP contribution in [0.2, 0.25) is 0 Å². The van der Waals surface area contributed by atoms with Crippen LogP contribution in [0.3, 0.4) is 0 Å². The third kappa shape index (κ3) is 3.92. The number of benzene rings is 1. The van der Waals surface area contributed by atoms with Gasteiger partial charge in [-0.15, -0.1) is 0 Å². The minimum absolute atomic E-state index is 0.300. The Morgan fingerprint density at radius 1 is 1.32 bits per heavy atom. The Labute approximate surface area is 114 Å². The van der Waals surface area contributed by atoms with Gasteiger partial charge in [-0.05, 0) is 37.1 Å². The zero-order valence-electron chi connectivity index (χ0n) is 11.1. The van der Waals surface area contributed by atoms with Crippen molar-refractivity contribution in [3.8, 4) is 0 Å². The van der Waals surface area contributed by atoms with Crippen LogP contribution < -0.4 is 10.0 Å². The van der Waals surface area contributed by atoms with E-state index in [0.717, 1.165) is 25.1 Å². The van der Waals surface area contributed by atoms with Crippen LogP contribution in [0, 0.1) is 0 Å². The summed E-state index contributed by atoms with van der Waals surface area (Å²) in [6, 6.07) is 7.14. The highest BCUT2D eigenvalue weighted by Crippen LogP contribution is 2.17. The molecule has 2 rings (SSSR count). The molecule has 0 aromatic heterocycles. The van der Waals surface area contributed by atoms with Gasteiger partial charge in [-0.3, -0.25) is 0 Å². The quantitative estimate of drug-likeness (QED) is 0.832. The maximum absolute atomic E-state index is 11.9. The number of anilines is 1. The molecule has 1 unspecified atom stereocenters. The Balaban J connectivity index is 2.01. The van der Waals surface area contributed by atoms with Gasteiger partial charge >= 0.3 is 0 Å². The van der Waals surface area contributed by atoms with Crippen molar-refractivity contribution in [1.82, 2.24) is 4.72 Å². The van der Waals surface area contributed by atoms with Gasteiger partial charge in [0, 0.05) is 18.8 Å². The molecule has 0 radical (unpaired) electrons. The molecular weight excluding hydrogens is 264 g/mol. The van der Waals surface area contributed by atoms with Crippen LogP contribution in [0.1, 0.15) is 19.8 Å². The van der Waals surface area contributed by atoms with Crippen LogP contribution in [0.25, 0.3) is 0 Å². The van der Waals surface area contributed by atoms with E-state index >= 15 is 0 Å². The summed E-state index contributed by atoms with van der Waals surface area (Å²) < 4.78 is 31.6. The van der Waals surface area contributed by atoms with Gasteiger partial charge in [0.1, 0.15) is 0 Å². The monoisotopic (exact) mass is 284 g/mol. The Bertz CT molecular complexity index is 493. The first-order chi connectivity index (χ1) is 9.12. The lowest BCUT2D eigenvalue weighted by molar-refractivity contribution is 0.195. The molecule has 0 bridgehead atoms. The van der Waals surface area contributed by atoms with E-state index in [1.807, 2.05) is 6.92 Å². The molecule has 5 nitrogen and oxygen atoms in total. The molecule has 106 valence electrons. The minimum Gasteiger partial charge on any atom is -0.380 e. The van der Waals surface area contributed by atoms with Gasteiger partial charge in [0.05, 0.1) is 17.5 Å². The molecule has 1 aromatic rings. The van der Waals surface area contributed by atoms with Crippen molar-refractivity contribution in [1.29, 1.82) is 0 Å². The number of ether oxygens (including phenoxy) is 1. The number of nitrogens with one attached hydrogen (secondary N) is 2. The fourth-order valence-electron chi connectivity index (χ4n) is 1.93. The summed E-state index contributed by atoms with van der Waals surface area (Å²) in [4.78, 5) is 0.300. The van der Waals surface area contributed by atoms with E-state index in [2.05, 4.69) is 10.0 Å². The van der Waals surface area contributed by atoms with Crippen LogP contribution in [0.5, 0.6) is 0 Å². The predicted octanol–water partition coefficient (Wildman–Crippen LogP) is 1.58. The lowest BCUT2D eigenvalue weighted by Gasteiger charge is -2.12. The lowest BCUT2D eigenvalue weighted by atomic mass is 10.2. The smallest absolute Gasteiger partial charge is 0.240 e. The molecule has 0 aliphatic carbocycles. The highest BCUT2D eigenvalue weighted by atomic mass is 32.2. The summed E-state index contributed by atoms with van der Waals surface area (Å²) in [6.45, 7) is 3.88. The molecular formula is C13H20N2O3S. The van der Waals surface area contributed by atoms with E-state index in [1.54, 1.807) is 24.3 Å². The second-order valence-electron chi connectivity index (χ2n) is 4.63. The topological polar surface area (TPSA) is 67.4 Å². The molecule has 0 saturated carbocycles. The van der Waals surface area contributed by atoms with Crippen LogP contribution >= 0.6 is 0 Å². The van der Waals surface area contributed by atoms with Gasteiger partial charge < -0.3 is 10.1 Å². The first kappa shape index (κ1) is 14.3. The van der Waals surface area contributed by atoms with Crippen molar-refractivity contribution in [2.75, 3.05) is 25.1 Å². The average Bonchev–Trinajstić information content (AvgIpc) is 2.90. The maximum Gasteiger partial charge on any atom is 0.240 e. The van der Waals surface area contributed by atoms with Gasteiger partial charge in [-0.25, -0.2) is 13.1 Å². The van der Waals surface area contributed by atoms with E-state index in [1.165, 1.54) is 0 Å². The molecule has 1 aromatic carbocycles. The predicted molar refractivity (Wildman–Crippen MR) is 74.8 cm³/mol. The number of hydrogen-bond acceptors (Lipinski definition) is 4. The van der Waals surface area contributed by atoms with E-state index in [0.29, 0.717) is 24.1 Å². The Hall–Kier alpha value is -1.11. The van der Waals surface area contributed by atoms with Gasteiger partial charge in [-0.2, -0.15) is 0 Å². The van der Waals surface area contributed by atoms with Crippen molar-refractivity contribution < 1.29 is 13.2 Å². The molecule has 1 atom stereocenters. The highest BCUT2D eigenvalue weighted by molar-refractivity contribution is 7.89. The van der Waals surface area contributed by atoms with Crippen LogP contribution in [0.4, 0.5) is 5.69 Å². The summed E-state index contributed by atoms with van der Waals surface area (Å²) >= 11 is 0. The normalized spacial score (nSPS) is 19.5. The van der Waals surface area contributed by atoms with E-state index < -0.39 is 10.0 Å². The fourth-order valence-corrected chi connectivity index (χ4v) is 3.07. The Kier molecular flexibility index (Phi) is 4.79. The van der Waals surface area contributed by atoms with Crippen LogP contribution in [-0.4, -0.2) is 34.2 Å². The summed E-state index contributed by atoms with van der Waals surface area (Å²) in [7, 11) is -3.37. The minimum atomic E-state index is -3.37. The lowest BCUT2D eigenvalue weighted by Crippen LogP contribution is -2.24. The maximum atomic E-state index is 11.9. The van der Waals surface area contributed by atoms with Gasteiger partial charge in [0.2, 0.25) is 10.0 Å². The molecule has 0 spiro atoms. The van der Waals surface area contributed by atoms with Crippen molar-refractivity contribution >= 4 is 15.7 Å². The van der Waals surface area contributed by atoms with E-state index in [9.17, 15) is 8.42 Å². The van der Waals surface area contributed by atoms with E-state index in [4.69, 9.17) is 4.74 Å². The van der Waals surface area contributed by atoms with Crippen LogP contribution in [0.15, 0.2) is 29.2 Å². The zero-order valence-corrected chi connectivity index (χ0v) is 11.9. The van der Waals surface area contributed by atoms with Crippen molar-refractivity contribution in [3.63, 3.8) is 0 Å². The Morgan fingerprint density at radius 3 is 2.63 bits per heavy atom. The molecule has 2 N–H and O–H groups in total. The fraction of sp³-hybridized carbons (Fsp3) is 0.538. The molecule has 1 fully saturated rings. The second-order valence-corrected chi connectivity index (χ2v) is 6.39. The molecule has 1 heterocycles. The average molecular weight is 284 g/mol. The van der Waals surface area contributed by atoms with Crippen LogP contribution in [-0.2, 0) is 14.8 Å². The SMILES string of the molecule is CCCNS(=O)(=O)c1ccc(NC2CCOC2)cc1. The summed E-state index contributed by atoms with van der Waals surface area (Å²) in [5.41, 5.74) is 0.921. The molecule has 1 saturated heterocycles.